The molecule has 106 valence electrons. The highest BCUT2D eigenvalue weighted by Crippen LogP contribution is 2.37. The summed E-state index contributed by atoms with van der Waals surface area (Å²) in [7, 11) is 0. The van der Waals surface area contributed by atoms with Crippen LogP contribution in [0.5, 0.6) is 0 Å². The second kappa shape index (κ2) is 4.70. The molecular weight excluding hydrogens is 274 g/mol. The van der Waals surface area contributed by atoms with Gasteiger partial charge in [-0.1, -0.05) is 6.92 Å². The fourth-order valence-corrected chi connectivity index (χ4v) is 3.86. The second-order valence-electron chi connectivity index (χ2n) is 5.49. The Morgan fingerprint density at radius 1 is 1.40 bits per heavy atom. The first-order chi connectivity index (χ1) is 9.49. The molecule has 1 saturated heterocycles. The zero-order valence-electron chi connectivity index (χ0n) is 11.8. The zero-order valence-corrected chi connectivity index (χ0v) is 12.6. The van der Waals surface area contributed by atoms with Crippen LogP contribution < -0.4 is 4.90 Å². The summed E-state index contributed by atoms with van der Waals surface area (Å²) in [6, 6.07) is 0. The molecule has 2 aromatic rings. The lowest BCUT2D eigenvalue weighted by molar-refractivity contribution is -0.142. The minimum absolute atomic E-state index is 0.137. The van der Waals surface area contributed by atoms with Gasteiger partial charge in [0.05, 0.1) is 11.3 Å². The summed E-state index contributed by atoms with van der Waals surface area (Å²) >= 11 is 1.67. The van der Waals surface area contributed by atoms with E-state index in [0.717, 1.165) is 22.6 Å². The summed E-state index contributed by atoms with van der Waals surface area (Å²) in [4.78, 5) is 24.3. The maximum Gasteiger partial charge on any atom is 0.308 e. The monoisotopic (exact) mass is 291 g/mol. The van der Waals surface area contributed by atoms with E-state index in [1.165, 1.54) is 10.4 Å². The van der Waals surface area contributed by atoms with E-state index in [1.54, 1.807) is 17.7 Å². The number of aromatic nitrogens is 2. The number of carboxylic acids is 1. The lowest BCUT2D eigenvalue weighted by Crippen LogP contribution is -2.24. The highest BCUT2D eigenvalue weighted by molar-refractivity contribution is 7.18. The number of thiophene rings is 1. The molecule has 3 rings (SSSR count). The second-order valence-corrected chi connectivity index (χ2v) is 6.69. The summed E-state index contributed by atoms with van der Waals surface area (Å²) in [6.07, 6.45) is 1.58. The fourth-order valence-electron chi connectivity index (χ4n) is 2.86. The molecule has 0 aromatic carbocycles. The smallest absolute Gasteiger partial charge is 0.308 e. The molecule has 0 aliphatic carbocycles. The van der Waals surface area contributed by atoms with Crippen molar-refractivity contribution in [1.29, 1.82) is 0 Å². The summed E-state index contributed by atoms with van der Waals surface area (Å²) in [5, 5.41) is 10.3. The largest absolute Gasteiger partial charge is 0.481 e. The molecule has 2 unspecified atom stereocenters. The number of aliphatic carboxylic acids is 1. The van der Waals surface area contributed by atoms with Crippen molar-refractivity contribution in [2.45, 2.75) is 20.8 Å². The SMILES string of the molecule is Cc1sc2ncnc(N3CC(C)C(C(=O)O)C3)c2c1C. The van der Waals surface area contributed by atoms with Crippen molar-refractivity contribution in [3.8, 4) is 0 Å². The molecule has 0 spiro atoms. The molecule has 3 heterocycles. The van der Waals surface area contributed by atoms with Gasteiger partial charge in [-0.15, -0.1) is 11.3 Å². The Hall–Kier alpha value is -1.69. The summed E-state index contributed by atoms with van der Waals surface area (Å²) < 4.78 is 0. The number of aryl methyl sites for hydroxylation is 2. The van der Waals surface area contributed by atoms with Gasteiger partial charge in [0.25, 0.3) is 0 Å². The van der Waals surface area contributed by atoms with Crippen molar-refractivity contribution in [3.05, 3.63) is 16.8 Å². The number of hydrogen-bond acceptors (Lipinski definition) is 5. The highest BCUT2D eigenvalue weighted by Gasteiger charge is 2.36. The molecule has 0 radical (unpaired) electrons. The molecule has 0 saturated carbocycles. The minimum Gasteiger partial charge on any atom is -0.481 e. The number of carboxylic acid groups (broad SMARTS) is 1. The van der Waals surface area contributed by atoms with Gasteiger partial charge in [0.1, 0.15) is 17.0 Å². The zero-order chi connectivity index (χ0) is 14.4. The third kappa shape index (κ3) is 1.95. The van der Waals surface area contributed by atoms with Crippen LogP contribution in [0.2, 0.25) is 0 Å². The van der Waals surface area contributed by atoms with E-state index in [1.807, 2.05) is 6.92 Å². The molecule has 20 heavy (non-hydrogen) atoms. The van der Waals surface area contributed by atoms with Crippen molar-refractivity contribution in [1.82, 2.24) is 9.97 Å². The Balaban J connectivity index is 2.05. The molecule has 0 bridgehead atoms. The van der Waals surface area contributed by atoms with Crippen LogP contribution in [0.15, 0.2) is 6.33 Å². The first-order valence-electron chi connectivity index (χ1n) is 6.67. The lowest BCUT2D eigenvalue weighted by atomic mass is 9.99. The van der Waals surface area contributed by atoms with Crippen LogP contribution in [0, 0.1) is 25.7 Å². The quantitative estimate of drug-likeness (QED) is 0.920. The maximum atomic E-state index is 11.3. The van der Waals surface area contributed by atoms with Crippen molar-refractivity contribution in [2.24, 2.45) is 11.8 Å². The summed E-state index contributed by atoms with van der Waals surface area (Å²) in [5.74, 6) is -0.0198. The number of nitrogens with zero attached hydrogens (tertiary/aromatic N) is 3. The third-order valence-electron chi connectivity index (χ3n) is 4.17. The van der Waals surface area contributed by atoms with Crippen molar-refractivity contribution in [3.63, 3.8) is 0 Å². The average molecular weight is 291 g/mol. The third-order valence-corrected chi connectivity index (χ3v) is 5.29. The lowest BCUT2D eigenvalue weighted by Gasteiger charge is -2.18. The minimum atomic E-state index is -0.719. The van der Waals surface area contributed by atoms with Crippen LogP contribution in [-0.2, 0) is 4.79 Å². The maximum absolute atomic E-state index is 11.3. The van der Waals surface area contributed by atoms with Gasteiger partial charge in [0.2, 0.25) is 0 Å². The van der Waals surface area contributed by atoms with Gasteiger partial charge in [0, 0.05) is 18.0 Å². The van der Waals surface area contributed by atoms with E-state index < -0.39 is 5.97 Å². The van der Waals surface area contributed by atoms with Crippen LogP contribution in [0.1, 0.15) is 17.4 Å². The Bertz CT molecular complexity index is 682. The molecule has 1 fully saturated rings. The summed E-state index contributed by atoms with van der Waals surface area (Å²) in [6.45, 7) is 7.41. The van der Waals surface area contributed by atoms with Crippen molar-refractivity contribution in [2.75, 3.05) is 18.0 Å². The van der Waals surface area contributed by atoms with E-state index in [9.17, 15) is 9.90 Å². The summed E-state index contributed by atoms with van der Waals surface area (Å²) in [5.41, 5.74) is 1.20. The molecule has 1 aliphatic rings. The molecule has 5 nitrogen and oxygen atoms in total. The van der Waals surface area contributed by atoms with Crippen LogP contribution in [-0.4, -0.2) is 34.1 Å². The first kappa shape index (κ1) is 13.3. The number of fused-ring (bicyclic) bond motifs is 1. The van der Waals surface area contributed by atoms with Crippen LogP contribution in [0.4, 0.5) is 5.82 Å². The number of rotatable bonds is 2. The van der Waals surface area contributed by atoms with Gasteiger partial charge in [-0.2, -0.15) is 0 Å². The van der Waals surface area contributed by atoms with Crippen LogP contribution >= 0.6 is 11.3 Å². The normalized spacial score (nSPS) is 22.6. The van der Waals surface area contributed by atoms with Gasteiger partial charge in [0.15, 0.2) is 0 Å². The highest BCUT2D eigenvalue weighted by atomic mass is 32.1. The van der Waals surface area contributed by atoms with Gasteiger partial charge in [-0.3, -0.25) is 4.79 Å². The average Bonchev–Trinajstić information content (AvgIpc) is 2.91. The molecular formula is C14H17N3O2S. The standard InChI is InChI=1S/C14H17N3O2S/c1-7-4-17(5-10(7)14(18)19)12-11-8(2)9(3)20-13(11)16-6-15-12/h6-7,10H,4-5H2,1-3H3,(H,18,19). The number of anilines is 1. The van der Waals surface area contributed by atoms with Gasteiger partial charge in [-0.25, -0.2) is 9.97 Å². The van der Waals surface area contributed by atoms with E-state index >= 15 is 0 Å². The Morgan fingerprint density at radius 3 is 2.80 bits per heavy atom. The molecule has 1 aliphatic heterocycles. The van der Waals surface area contributed by atoms with E-state index in [2.05, 4.69) is 28.7 Å². The Kier molecular flexibility index (Phi) is 3.12. The van der Waals surface area contributed by atoms with Gasteiger partial charge < -0.3 is 10.0 Å². The van der Waals surface area contributed by atoms with Crippen molar-refractivity contribution < 1.29 is 9.90 Å². The molecule has 1 N–H and O–H groups in total. The predicted molar refractivity (Wildman–Crippen MR) is 79.4 cm³/mol. The van der Waals surface area contributed by atoms with Crippen LogP contribution in [0.3, 0.4) is 0 Å². The fraction of sp³-hybridized carbons (Fsp3) is 0.500. The van der Waals surface area contributed by atoms with Gasteiger partial charge >= 0.3 is 5.97 Å². The molecule has 6 heteroatoms. The van der Waals surface area contributed by atoms with Gasteiger partial charge in [-0.05, 0) is 25.3 Å². The number of carbonyl (C=O) groups is 1. The van der Waals surface area contributed by atoms with E-state index in [4.69, 9.17) is 0 Å². The number of hydrogen-bond donors (Lipinski definition) is 1. The topological polar surface area (TPSA) is 66.3 Å². The van der Waals surface area contributed by atoms with E-state index in [-0.39, 0.29) is 11.8 Å². The predicted octanol–water partition coefficient (Wildman–Crippen LogP) is 2.47. The molecule has 0 amide bonds. The molecule has 2 aromatic heterocycles. The van der Waals surface area contributed by atoms with Crippen molar-refractivity contribution >= 4 is 33.3 Å². The van der Waals surface area contributed by atoms with Crippen LogP contribution in [0.25, 0.3) is 10.2 Å². The Morgan fingerprint density at radius 2 is 2.15 bits per heavy atom. The molecule has 2 atom stereocenters. The van der Waals surface area contributed by atoms with E-state index in [0.29, 0.717) is 6.54 Å². The first-order valence-corrected chi connectivity index (χ1v) is 7.49. The Labute approximate surface area is 121 Å².